The first-order valence-corrected chi connectivity index (χ1v) is 3.37. The first kappa shape index (κ1) is 6.09. The Hall–Kier alpha value is -0.0400. The molecular weight excluding hydrogens is 100 g/mol. The molecule has 0 aliphatic heterocycles. The molecule has 1 unspecified atom stereocenters. The molecule has 0 amide bonds. The van der Waals surface area contributed by atoms with Crippen molar-refractivity contribution < 1.29 is 5.11 Å². The Balaban J connectivity index is 2.17. The Morgan fingerprint density at radius 1 is 1.25 bits per heavy atom. The van der Waals surface area contributed by atoms with Crippen LogP contribution in [0.15, 0.2) is 0 Å². The Morgan fingerprint density at radius 3 is 3.00 bits per heavy atom. The molecule has 46 valence electrons. The van der Waals surface area contributed by atoms with Crippen LogP contribution in [0, 0.1) is 6.42 Å². The summed E-state index contributed by atoms with van der Waals surface area (Å²) in [5.74, 6) is 0. The molecule has 1 aliphatic carbocycles. The van der Waals surface area contributed by atoms with E-state index in [4.69, 9.17) is 0 Å². The zero-order valence-electron chi connectivity index (χ0n) is 5.10. The summed E-state index contributed by atoms with van der Waals surface area (Å²) in [5, 5.41) is 10.7. The van der Waals surface area contributed by atoms with Gasteiger partial charge in [-0.3, -0.25) is 0 Å². The van der Waals surface area contributed by atoms with Gasteiger partial charge in [-0.25, -0.2) is 5.11 Å². The lowest BCUT2D eigenvalue weighted by molar-refractivity contribution is 0.0763. The highest BCUT2D eigenvalue weighted by molar-refractivity contribution is 4.72. The van der Waals surface area contributed by atoms with E-state index in [1.807, 2.05) is 0 Å². The highest BCUT2D eigenvalue weighted by atomic mass is 16.3. The van der Waals surface area contributed by atoms with E-state index in [2.05, 4.69) is 6.42 Å². The third-order valence-electron chi connectivity index (χ3n) is 1.63. The highest BCUT2D eigenvalue weighted by Crippen LogP contribution is 2.15. The summed E-state index contributed by atoms with van der Waals surface area (Å²) in [4.78, 5) is 0. The molecule has 1 fully saturated rings. The Kier molecular flexibility index (Phi) is 2.34. The van der Waals surface area contributed by atoms with Crippen LogP contribution in [0.3, 0.4) is 0 Å². The minimum atomic E-state index is -0.256. The summed E-state index contributed by atoms with van der Waals surface area (Å²) in [5.41, 5.74) is 0. The van der Waals surface area contributed by atoms with Crippen LogP contribution < -0.4 is 0 Å². The molecule has 1 heteroatoms. The van der Waals surface area contributed by atoms with Gasteiger partial charge in [0.25, 0.3) is 0 Å². The van der Waals surface area contributed by atoms with E-state index in [1.54, 1.807) is 0 Å². The second kappa shape index (κ2) is 3.08. The largest absolute Gasteiger partial charge is 0.233 e. The van der Waals surface area contributed by atoms with Gasteiger partial charge in [-0.15, -0.1) is 0 Å². The molecule has 1 nitrogen and oxygen atoms in total. The first-order valence-electron chi connectivity index (χ1n) is 3.37. The predicted octanol–water partition coefficient (Wildman–Crippen LogP) is 1.95. The highest BCUT2D eigenvalue weighted by Gasteiger charge is 2.08. The van der Waals surface area contributed by atoms with Crippen LogP contribution in [-0.2, 0) is 5.11 Å². The van der Waals surface area contributed by atoms with Gasteiger partial charge in [-0.05, 0) is 25.7 Å². The van der Waals surface area contributed by atoms with Gasteiger partial charge in [0.05, 0.1) is 6.10 Å². The molecule has 2 radical (unpaired) electrons. The monoisotopic (exact) mass is 112 g/mol. The summed E-state index contributed by atoms with van der Waals surface area (Å²) in [7, 11) is 0. The van der Waals surface area contributed by atoms with Crippen molar-refractivity contribution in [3.63, 3.8) is 0 Å². The van der Waals surface area contributed by atoms with Gasteiger partial charge in [-0.1, -0.05) is 12.8 Å². The minimum Gasteiger partial charge on any atom is -0.233 e. The second-order valence-electron chi connectivity index (χ2n) is 2.42. The van der Waals surface area contributed by atoms with Crippen molar-refractivity contribution in [3.8, 4) is 0 Å². The molecule has 1 atom stereocenters. The van der Waals surface area contributed by atoms with E-state index >= 15 is 0 Å². The lowest BCUT2D eigenvalue weighted by Gasteiger charge is -1.98. The zero-order valence-corrected chi connectivity index (χ0v) is 5.10. The maximum atomic E-state index is 10.7. The molecule has 1 aliphatic rings. The molecule has 0 aromatic heterocycles. The van der Waals surface area contributed by atoms with Crippen molar-refractivity contribution in [2.45, 2.75) is 38.2 Å². The molecule has 8 heavy (non-hydrogen) atoms. The molecule has 0 spiro atoms. The maximum Gasteiger partial charge on any atom is 0.0930 e. The molecular formula is C7H12O. The fourth-order valence-corrected chi connectivity index (χ4v) is 1.08. The van der Waals surface area contributed by atoms with Crippen molar-refractivity contribution in [1.82, 2.24) is 0 Å². The zero-order chi connectivity index (χ0) is 5.82. The van der Waals surface area contributed by atoms with Gasteiger partial charge in [0.2, 0.25) is 0 Å². The molecule has 0 heterocycles. The van der Waals surface area contributed by atoms with Crippen LogP contribution in [0.25, 0.3) is 0 Å². The van der Waals surface area contributed by atoms with Crippen LogP contribution in [0.2, 0.25) is 0 Å². The van der Waals surface area contributed by atoms with Gasteiger partial charge in [-0.2, -0.15) is 0 Å². The maximum absolute atomic E-state index is 10.7. The smallest absolute Gasteiger partial charge is 0.0930 e. The first-order chi connectivity index (χ1) is 3.89. The Bertz CT molecular complexity index is 53.4. The third kappa shape index (κ3) is 1.83. The lowest BCUT2D eigenvalue weighted by Crippen LogP contribution is -1.99. The molecule has 1 rings (SSSR count). The van der Waals surface area contributed by atoms with E-state index in [0.29, 0.717) is 0 Å². The molecule has 0 bridgehead atoms. The quantitative estimate of drug-likeness (QED) is 0.427. The number of hydrogen-bond donors (Lipinski definition) is 0. The van der Waals surface area contributed by atoms with Crippen molar-refractivity contribution in [3.05, 3.63) is 6.42 Å². The fraction of sp³-hybridized carbons (Fsp3) is 0.857. The minimum absolute atomic E-state index is 0.256. The summed E-state index contributed by atoms with van der Waals surface area (Å²) in [6.45, 7) is 0. The SMILES string of the molecule is [O]C1CC[CH]CCC1. The van der Waals surface area contributed by atoms with Gasteiger partial charge < -0.3 is 0 Å². The van der Waals surface area contributed by atoms with E-state index in [9.17, 15) is 5.11 Å². The summed E-state index contributed by atoms with van der Waals surface area (Å²) >= 11 is 0. The van der Waals surface area contributed by atoms with Crippen LogP contribution in [0.5, 0.6) is 0 Å². The van der Waals surface area contributed by atoms with Gasteiger partial charge in [0, 0.05) is 0 Å². The summed E-state index contributed by atoms with van der Waals surface area (Å²) in [6.07, 6.45) is 7.09. The van der Waals surface area contributed by atoms with Gasteiger partial charge in [0.1, 0.15) is 0 Å². The number of rotatable bonds is 0. The van der Waals surface area contributed by atoms with Crippen molar-refractivity contribution >= 4 is 0 Å². The molecule has 0 N–H and O–H groups in total. The van der Waals surface area contributed by atoms with E-state index in [-0.39, 0.29) is 6.10 Å². The topological polar surface area (TPSA) is 19.9 Å². The van der Waals surface area contributed by atoms with Crippen molar-refractivity contribution in [2.75, 3.05) is 0 Å². The summed E-state index contributed by atoms with van der Waals surface area (Å²) < 4.78 is 0. The predicted molar refractivity (Wildman–Crippen MR) is 31.9 cm³/mol. The Morgan fingerprint density at radius 2 is 2.12 bits per heavy atom. The fourth-order valence-electron chi connectivity index (χ4n) is 1.08. The van der Waals surface area contributed by atoms with E-state index in [1.165, 1.54) is 6.42 Å². The molecule has 0 aromatic carbocycles. The average Bonchev–Trinajstić information content (AvgIpc) is 1.94. The second-order valence-corrected chi connectivity index (χ2v) is 2.42. The van der Waals surface area contributed by atoms with Crippen LogP contribution in [0.4, 0.5) is 0 Å². The van der Waals surface area contributed by atoms with Crippen LogP contribution in [0.1, 0.15) is 32.1 Å². The molecule has 0 aromatic rings. The normalized spacial score (nSPS) is 25.1. The molecule has 0 saturated heterocycles. The van der Waals surface area contributed by atoms with E-state index < -0.39 is 0 Å². The van der Waals surface area contributed by atoms with Crippen molar-refractivity contribution in [1.29, 1.82) is 0 Å². The van der Waals surface area contributed by atoms with E-state index in [0.717, 1.165) is 25.7 Å². The van der Waals surface area contributed by atoms with Crippen LogP contribution in [-0.4, -0.2) is 6.10 Å². The van der Waals surface area contributed by atoms with Gasteiger partial charge in [0.15, 0.2) is 0 Å². The van der Waals surface area contributed by atoms with Gasteiger partial charge >= 0.3 is 0 Å². The Labute approximate surface area is 50.7 Å². The lowest BCUT2D eigenvalue weighted by atomic mass is 10.2. The summed E-state index contributed by atoms with van der Waals surface area (Å²) in [6, 6.07) is 0. The standard InChI is InChI=1S/C7H12O/c8-7-5-3-1-2-4-6-7/h1,7H,2-6H2. The molecule has 1 saturated carbocycles. The number of hydrogen-bond acceptors (Lipinski definition) is 0. The average molecular weight is 112 g/mol. The van der Waals surface area contributed by atoms with Crippen molar-refractivity contribution in [2.24, 2.45) is 0 Å². The van der Waals surface area contributed by atoms with Crippen LogP contribution >= 0.6 is 0 Å². The third-order valence-corrected chi connectivity index (χ3v) is 1.63.